The van der Waals surface area contributed by atoms with Gasteiger partial charge in [-0.3, -0.25) is 9.59 Å². The molecule has 2 amide bonds. The molecule has 7 nitrogen and oxygen atoms in total. The van der Waals surface area contributed by atoms with Gasteiger partial charge in [-0.2, -0.15) is 0 Å². The van der Waals surface area contributed by atoms with Crippen molar-refractivity contribution >= 4 is 17.6 Å². The summed E-state index contributed by atoms with van der Waals surface area (Å²) in [6.07, 6.45) is 1.13. The Bertz CT molecular complexity index is 488. The van der Waals surface area contributed by atoms with E-state index < -0.39 is 0 Å². The molecular formula is C13H19N5O2. The number of carbonyl (C=O) groups is 2. The Balaban J connectivity index is 1.92. The van der Waals surface area contributed by atoms with E-state index in [9.17, 15) is 9.59 Å². The molecule has 1 aromatic heterocycles. The molecule has 1 aliphatic rings. The number of hydrogen-bond donors (Lipinski definition) is 2. The molecule has 20 heavy (non-hydrogen) atoms. The van der Waals surface area contributed by atoms with Crippen LogP contribution in [-0.4, -0.2) is 53.1 Å². The number of hydrogen-bond acceptors (Lipinski definition) is 5. The number of carbonyl (C=O) groups excluding carboxylic acids is 2. The molecule has 2 rings (SSSR count). The van der Waals surface area contributed by atoms with Crippen molar-refractivity contribution in [1.29, 1.82) is 0 Å². The van der Waals surface area contributed by atoms with Crippen molar-refractivity contribution < 1.29 is 9.59 Å². The number of anilines is 1. The number of piperidine rings is 1. The summed E-state index contributed by atoms with van der Waals surface area (Å²) < 4.78 is 0. The molecule has 0 radical (unpaired) electrons. The molecule has 108 valence electrons. The van der Waals surface area contributed by atoms with Crippen molar-refractivity contribution in [3.05, 3.63) is 17.8 Å². The molecule has 1 atom stereocenters. The van der Waals surface area contributed by atoms with Gasteiger partial charge in [0.2, 0.25) is 5.91 Å². The first-order valence-corrected chi connectivity index (χ1v) is 6.72. The van der Waals surface area contributed by atoms with E-state index in [4.69, 9.17) is 0 Å². The van der Waals surface area contributed by atoms with Gasteiger partial charge in [-0.1, -0.05) is 0 Å². The summed E-state index contributed by atoms with van der Waals surface area (Å²) in [7, 11) is 1.74. The van der Waals surface area contributed by atoms with Gasteiger partial charge < -0.3 is 15.5 Å². The van der Waals surface area contributed by atoms with Gasteiger partial charge in [0.25, 0.3) is 5.91 Å². The van der Waals surface area contributed by atoms with Gasteiger partial charge in [0, 0.05) is 32.6 Å². The first-order valence-electron chi connectivity index (χ1n) is 6.72. The Morgan fingerprint density at radius 2 is 2.25 bits per heavy atom. The molecule has 0 saturated carbocycles. The minimum absolute atomic E-state index is 0.0274. The lowest BCUT2D eigenvalue weighted by molar-refractivity contribution is -0.132. The highest BCUT2D eigenvalue weighted by Gasteiger charge is 2.24. The van der Waals surface area contributed by atoms with Crippen molar-refractivity contribution in [3.63, 3.8) is 0 Å². The third-order valence-corrected chi connectivity index (χ3v) is 3.22. The van der Waals surface area contributed by atoms with Crippen LogP contribution in [0.25, 0.3) is 0 Å². The lowest BCUT2D eigenvalue weighted by Gasteiger charge is -2.29. The van der Waals surface area contributed by atoms with E-state index in [-0.39, 0.29) is 23.6 Å². The van der Waals surface area contributed by atoms with Crippen molar-refractivity contribution in [2.75, 3.05) is 25.5 Å². The van der Waals surface area contributed by atoms with Crippen LogP contribution in [0, 0.1) is 0 Å². The second-order valence-corrected chi connectivity index (χ2v) is 4.82. The minimum Gasteiger partial charge on any atom is -0.369 e. The zero-order chi connectivity index (χ0) is 14.5. The number of likely N-dealkylation sites (N-methyl/N-ethyl adjacent to an activating group) is 1. The normalized spacial score (nSPS) is 18.8. The first-order chi connectivity index (χ1) is 9.60. The fourth-order valence-corrected chi connectivity index (χ4v) is 2.12. The fourth-order valence-electron chi connectivity index (χ4n) is 2.12. The summed E-state index contributed by atoms with van der Waals surface area (Å²) in [4.78, 5) is 25.0. The topological polar surface area (TPSA) is 87.2 Å². The van der Waals surface area contributed by atoms with Gasteiger partial charge in [0.05, 0.1) is 0 Å². The van der Waals surface area contributed by atoms with Gasteiger partial charge in [-0.15, -0.1) is 10.2 Å². The van der Waals surface area contributed by atoms with Gasteiger partial charge >= 0.3 is 0 Å². The summed E-state index contributed by atoms with van der Waals surface area (Å²) in [5, 5.41) is 13.7. The van der Waals surface area contributed by atoms with Crippen LogP contribution in [0.15, 0.2) is 12.1 Å². The van der Waals surface area contributed by atoms with E-state index in [0.717, 1.165) is 6.54 Å². The van der Waals surface area contributed by atoms with Crippen molar-refractivity contribution in [2.24, 2.45) is 0 Å². The zero-order valence-electron chi connectivity index (χ0n) is 11.7. The van der Waals surface area contributed by atoms with Crippen LogP contribution in [0.5, 0.6) is 0 Å². The average molecular weight is 277 g/mol. The summed E-state index contributed by atoms with van der Waals surface area (Å²) >= 11 is 0. The standard InChI is InChI=1S/C13H19N5O2/c1-3-14-11-6-5-10(16-17-11)13(20)15-9-4-7-12(19)18(2)8-9/h5-6,9H,3-4,7-8H2,1-2H3,(H,14,17)(H,15,20). The molecule has 0 aromatic carbocycles. The van der Waals surface area contributed by atoms with E-state index in [1.807, 2.05) is 6.92 Å². The number of nitrogens with one attached hydrogen (secondary N) is 2. The van der Waals surface area contributed by atoms with Crippen molar-refractivity contribution in [3.8, 4) is 0 Å². The maximum Gasteiger partial charge on any atom is 0.272 e. The third kappa shape index (κ3) is 3.43. The smallest absolute Gasteiger partial charge is 0.272 e. The number of aromatic nitrogens is 2. The van der Waals surface area contributed by atoms with Crippen LogP contribution < -0.4 is 10.6 Å². The van der Waals surface area contributed by atoms with Crippen LogP contribution >= 0.6 is 0 Å². The van der Waals surface area contributed by atoms with E-state index in [2.05, 4.69) is 20.8 Å². The van der Waals surface area contributed by atoms with Crippen LogP contribution in [-0.2, 0) is 4.79 Å². The average Bonchev–Trinajstić information content (AvgIpc) is 2.44. The van der Waals surface area contributed by atoms with Gasteiger partial charge in [0.15, 0.2) is 5.69 Å². The van der Waals surface area contributed by atoms with Gasteiger partial charge in [0.1, 0.15) is 5.82 Å². The maximum atomic E-state index is 12.0. The second kappa shape index (κ2) is 6.31. The highest BCUT2D eigenvalue weighted by Crippen LogP contribution is 2.10. The summed E-state index contributed by atoms with van der Waals surface area (Å²) in [6, 6.07) is 3.33. The molecule has 2 heterocycles. The van der Waals surface area contributed by atoms with Crippen LogP contribution in [0.4, 0.5) is 5.82 Å². The fraction of sp³-hybridized carbons (Fsp3) is 0.538. The predicted octanol–water partition coefficient (Wildman–Crippen LogP) is 0.259. The molecule has 1 unspecified atom stereocenters. The van der Waals surface area contributed by atoms with Gasteiger partial charge in [-0.25, -0.2) is 0 Å². The Labute approximate surface area is 117 Å². The summed E-state index contributed by atoms with van der Waals surface area (Å²) in [6.45, 7) is 3.25. The van der Waals surface area contributed by atoms with Crippen LogP contribution in [0.2, 0.25) is 0 Å². The quantitative estimate of drug-likeness (QED) is 0.824. The molecule has 0 bridgehead atoms. The van der Waals surface area contributed by atoms with Crippen molar-refractivity contribution in [1.82, 2.24) is 20.4 Å². The molecule has 1 aliphatic heterocycles. The molecule has 1 aromatic rings. The number of nitrogens with zero attached hydrogens (tertiary/aromatic N) is 3. The van der Waals surface area contributed by atoms with Gasteiger partial charge in [-0.05, 0) is 25.5 Å². The first kappa shape index (κ1) is 14.2. The Morgan fingerprint density at radius 3 is 2.85 bits per heavy atom. The maximum absolute atomic E-state index is 12.0. The SMILES string of the molecule is CCNc1ccc(C(=O)NC2CCC(=O)N(C)C2)nn1. The van der Waals surface area contributed by atoms with E-state index in [0.29, 0.717) is 25.2 Å². The van der Waals surface area contributed by atoms with Crippen LogP contribution in [0.3, 0.4) is 0 Å². The largest absolute Gasteiger partial charge is 0.369 e. The Hall–Kier alpha value is -2.18. The number of amides is 2. The molecule has 0 aliphatic carbocycles. The monoisotopic (exact) mass is 277 g/mol. The summed E-state index contributed by atoms with van der Waals surface area (Å²) in [5.41, 5.74) is 0.284. The van der Waals surface area contributed by atoms with Crippen LogP contribution in [0.1, 0.15) is 30.3 Å². The minimum atomic E-state index is -0.256. The lowest BCUT2D eigenvalue weighted by Crippen LogP contribution is -2.48. The Morgan fingerprint density at radius 1 is 1.45 bits per heavy atom. The molecule has 1 fully saturated rings. The molecule has 1 saturated heterocycles. The molecule has 0 spiro atoms. The molecule has 2 N–H and O–H groups in total. The lowest BCUT2D eigenvalue weighted by atomic mass is 10.1. The van der Waals surface area contributed by atoms with E-state index in [1.54, 1.807) is 24.1 Å². The number of rotatable bonds is 4. The summed E-state index contributed by atoms with van der Waals surface area (Å²) in [5.74, 6) is 0.505. The predicted molar refractivity (Wildman–Crippen MR) is 74.3 cm³/mol. The Kier molecular flexibility index (Phi) is 4.49. The molecule has 7 heteroatoms. The second-order valence-electron chi connectivity index (χ2n) is 4.82. The highest BCUT2D eigenvalue weighted by molar-refractivity contribution is 5.92. The van der Waals surface area contributed by atoms with E-state index >= 15 is 0 Å². The number of likely N-dealkylation sites (tertiary alicyclic amines) is 1. The zero-order valence-corrected chi connectivity index (χ0v) is 11.7. The van der Waals surface area contributed by atoms with Crippen molar-refractivity contribution in [2.45, 2.75) is 25.8 Å². The third-order valence-electron chi connectivity index (χ3n) is 3.22. The highest BCUT2D eigenvalue weighted by atomic mass is 16.2. The van der Waals surface area contributed by atoms with E-state index in [1.165, 1.54) is 0 Å². The molecular weight excluding hydrogens is 258 g/mol.